The zero-order chi connectivity index (χ0) is 18.6. The summed E-state index contributed by atoms with van der Waals surface area (Å²) in [5.74, 6) is 0. The molecule has 1 unspecified atom stereocenters. The van der Waals surface area contributed by atoms with Gasteiger partial charge in [-0.2, -0.15) is 0 Å². The van der Waals surface area contributed by atoms with Crippen LogP contribution in [0.1, 0.15) is 117 Å². The molecule has 0 amide bonds. The van der Waals surface area contributed by atoms with E-state index in [0.717, 1.165) is 32.1 Å². The average molecular weight is 417 g/mol. The van der Waals surface area contributed by atoms with Gasteiger partial charge in [0.15, 0.2) is 0 Å². The molecule has 4 nitrogen and oxygen atoms in total. The Morgan fingerprint density at radius 2 is 0.846 bits per heavy atom. The van der Waals surface area contributed by atoms with Gasteiger partial charge in [-0.1, -0.05) is 104 Å². The molecule has 0 N–H and O–H groups in total. The fourth-order valence-corrected chi connectivity index (χ4v) is 3.64. The van der Waals surface area contributed by atoms with Crippen molar-refractivity contribution in [2.75, 3.05) is 13.2 Å². The number of hydrogen-bond acceptors (Lipinski definition) is 4. The van der Waals surface area contributed by atoms with E-state index in [9.17, 15) is 9.46 Å². The van der Waals surface area contributed by atoms with Gasteiger partial charge in [0.05, 0.1) is 13.2 Å². The molecule has 6 heteroatoms. The first kappa shape index (κ1) is 29.9. The third kappa shape index (κ3) is 23.8. The van der Waals surface area contributed by atoms with E-state index >= 15 is 0 Å². The van der Waals surface area contributed by atoms with Crippen LogP contribution in [-0.4, -0.2) is 13.2 Å². The molecule has 0 bridgehead atoms. The van der Waals surface area contributed by atoms with Crippen LogP contribution in [0, 0.1) is 0 Å². The van der Waals surface area contributed by atoms with Gasteiger partial charge < -0.3 is 13.9 Å². The average Bonchev–Trinajstić information content (AvgIpc) is 2.59. The monoisotopic (exact) mass is 416 g/mol. The molecule has 0 aliphatic heterocycles. The summed E-state index contributed by atoms with van der Waals surface area (Å²) < 4.78 is 21.4. The van der Waals surface area contributed by atoms with Crippen molar-refractivity contribution in [1.82, 2.24) is 0 Å². The fraction of sp³-hybridized carbons (Fsp3) is 1.00. The van der Waals surface area contributed by atoms with Crippen molar-refractivity contribution in [1.29, 1.82) is 0 Å². The van der Waals surface area contributed by atoms with E-state index < -0.39 is 7.82 Å². The Morgan fingerprint density at radius 1 is 0.577 bits per heavy atom. The van der Waals surface area contributed by atoms with Crippen molar-refractivity contribution in [2.45, 2.75) is 117 Å². The molecule has 0 aliphatic rings. The SMILES string of the molecule is CCCCCCCCCCCCOP(=O)([O-])OCCCCCCCC.[K+]. The standard InChI is InChI=1S/C20H43O4P.K/c1-3-5-7-9-11-12-13-14-16-18-20-24-25(21,22)23-19-17-15-10-8-6-4-2;/h3-20H2,1-2H3,(H,21,22);/q;+1/p-1. The van der Waals surface area contributed by atoms with E-state index in [1.54, 1.807) is 0 Å². The molecule has 152 valence electrons. The van der Waals surface area contributed by atoms with Crippen LogP contribution in [0.3, 0.4) is 0 Å². The van der Waals surface area contributed by atoms with E-state index in [-0.39, 0.29) is 64.6 Å². The molecule has 26 heavy (non-hydrogen) atoms. The van der Waals surface area contributed by atoms with Gasteiger partial charge in [-0.15, -0.1) is 0 Å². The minimum atomic E-state index is -4.08. The summed E-state index contributed by atoms with van der Waals surface area (Å²) >= 11 is 0. The van der Waals surface area contributed by atoms with Gasteiger partial charge in [0, 0.05) is 0 Å². The van der Waals surface area contributed by atoms with Crippen LogP contribution >= 0.6 is 7.82 Å². The third-order valence-corrected chi connectivity index (χ3v) is 5.49. The first-order valence-electron chi connectivity index (χ1n) is 10.7. The van der Waals surface area contributed by atoms with Crippen molar-refractivity contribution < 1.29 is 69.9 Å². The van der Waals surface area contributed by atoms with E-state index in [1.807, 2.05) is 0 Å². The van der Waals surface area contributed by atoms with Crippen molar-refractivity contribution in [3.05, 3.63) is 0 Å². The van der Waals surface area contributed by atoms with E-state index in [1.165, 1.54) is 70.6 Å². The van der Waals surface area contributed by atoms with Gasteiger partial charge >= 0.3 is 51.4 Å². The molecule has 0 aromatic heterocycles. The Bertz CT molecular complexity index is 316. The Kier molecular flexibility index (Phi) is 26.5. The zero-order valence-corrected chi connectivity index (χ0v) is 21.8. The maximum Gasteiger partial charge on any atom is 1.00 e. The van der Waals surface area contributed by atoms with E-state index in [4.69, 9.17) is 9.05 Å². The minimum Gasteiger partial charge on any atom is -0.756 e. The maximum atomic E-state index is 11.6. The number of rotatable bonds is 20. The number of unbranched alkanes of at least 4 members (excludes halogenated alkanes) is 14. The number of phosphoric acid groups is 1. The van der Waals surface area contributed by atoms with Crippen LogP contribution in [0.5, 0.6) is 0 Å². The number of hydrogen-bond donors (Lipinski definition) is 0. The van der Waals surface area contributed by atoms with Gasteiger partial charge in [-0.05, 0) is 12.8 Å². The summed E-state index contributed by atoms with van der Waals surface area (Å²) in [4.78, 5) is 11.6. The second-order valence-corrected chi connectivity index (χ2v) is 8.47. The third-order valence-electron chi connectivity index (χ3n) is 4.49. The topological polar surface area (TPSA) is 58.6 Å². The van der Waals surface area contributed by atoms with Crippen molar-refractivity contribution in [3.8, 4) is 0 Å². The first-order chi connectivity index (χ1) is 12.1. The molecule has 0 radical (unpaired) electrons. The molecule has 0 saturated carbocycles. The largest absolute Gasteiger partial charge is 1.00 e. The van der Waals surface area contributed by atoms with Crippen LogP contribution in [0.15, 0.2) is 0 Å². The fourth-order valence-electron chi connectivity index (χ4n) is 2.86. The maximum absolute atomic E-state index is 11.6. The summed E-state index contributed by atoms with van der Waals surface area (Å²) in [7, 11) is -4.08. The quantitative estimate of drug-likeness (QED) is 0.172. The summed E-state index contributed by atoms with van der Waals surface area (Å²) in [6.45, 7) is 4.93. The van der Waals surface area contributed by atoms with Gasteiger partial charge in [0.2, 0.25) is 0 Å². The molecule has 0 aromatic rings. The Labute approximate surface area is 205 Å². The molecule has 0 spiro atoms. The second kappa shape index (κ2) is 23.0. The molecule has 0 rings (SSSR count). The van der Waals surface area contributed by atoms with Gasteiger partial charge in [0.1, 0.15) is 0 Å². The van der Waals surface area contributed by atoms with Gasteiger partial charge in [-0.25, -0.2) is 0 Å². The molecule has 0 fully saturated rings. The van der Waals surface area contributed by atoms with Crippen molar-refractivity contribution in [2.24, 2.45) is 0 Å². The summed E-state index contributed by atoms with van der Waals surface area (Å²) in [6.07, 6.45) is 18.9. The van der Waals surface area contributed by atoms with Gasteiger partial charge in [0.25, 0.3) is 7.82 Å². The van der Waals surface area contributed by atoms with Crippen LogP contribution < -0.4 is 56.3 Å². The van der Waals surface area contributed by atoms with Crippen LogP contribution in [-0.2, 0) is 13.6 Å². The molecular formula is C20H42KO4P. The summed E-state index contributed by atoms with van der Waals surface area (Å²) in [5.41, 5.74) is 0. The van der Waals surface area contributed by atoms with E-state index in [0.29, 0.717) is 0 Å². The second-order valence-electron chi connectivity index (χ2n) is 7.06. The predicted molar refractivity (Wildman–Crippen MR) is 105 cm³/mol. The van der Waals surface area contributed by atoms with Crippen molar-refractivity contribution >= 4 is 7.82 Å². The summed E-state index contributed by atoms with van der Waals surface area (Å²) in [6, 6.07) is 0. The molecule has 0 heterocycles. The van der Waals surface area contributed by atoms with Crippen LogP contribution in [0.2, 0.25) is 0 Å². The zero-order valence-electron chi connectivity index (χ0n) is 17.8. The summed E-state index contributed by atoms with van der Waals surface area (Å²) in [5, 5.41) is 0. The van der Waals surface area contributed by atoms with Crippen LogP contribution in [0.4, 0.5) is 0 Å². The smallest absolute Gasteiger partial charge is 0.756 e. The van der Waals surface area contributed by atoms with Crippen molar-refractivity contribution in [3.63, 3.8) is 0 Å². The Morgan fingerprint density at radius 3 is 1.15 bits per heavy atom. The Balaban J connectivity index is 0. The first-order valence-corrected chi connectivity index (χ1v) is 12.2. The molecule has 0 aliphatic carbocycles. The number of phosphoric ester groups is 1. The molecule has 0 saturated heterocycles. The molecule has 0 aromatic carbocycles. The van der Waals surface area contributed by atoms with E-state index in [2.05, 4.69) is 13.8 Å². The Hall–Kier alpha value is 1.75. The molecule has 1 atom stereocenters. The minimum absolute atomic E-state index is 0. The van der Waals surface area contributed by atoms with Crippen LogP contribution in [0.25, 0.3) is 0 Å². The normalized spacial score (nSPS) is 13.3. The van der Waals surface area contributed by atoms with Gasteiger partial charge in [-0.3, -0.25) is 4.57 Å². The predicted octanol–water partition coefficient (Wildman–Crippen LogP) is 3.77. The molecular weight excluding hydrogens is 374 g/mol.